The fraction of sp³-hybridized carbons (Fsp3) is 0.438. The van der Waals surface area contributed by atoms with Crippen molar-refractivity contribution in [1.29, 1.82) is 0 Å². The zero-order valence-electron chi connectivity index (χ0n) is 12.5. The van der Waals surface area contributed by atoms with Crippen molar-refractivity contribution in [3.05, 3.63) is 39.9 Å². The third-order valence-corrected chi connectivity index (χ3v) is 3.73. The number of hydrogen-bond acceptors (Lipinski definition) is 2. The van der Waals surface area contributed by atoms with Crippen LogP contribution in [-0.4, -0.2) is 23.7 Å². The van der Waals surface area contributed by atoms with E-state index in [2.05, 4.69) is 5.32 Å². The number of halogens is 2. The summed E-state index contributed by atoms with van der Waals surface area (Å²) in [5.74, 6) is -0.223. The van der Waals surface area contributed by atoms with Gasteiger partial charge in [-0.25, -0.2) is 0 Å². The van der Waals surface area contributed by atoms with Gasteiger partial charge < -0.3 is 10.4 Å². The minimum absolute atomic E-state index is 0.0338. The molecule has 1 aromatic rings. The van der Waals surface area contributed by atoms with Crippen LogP contribution in [0, 0.1) is 5.41 Å². The van der Waals surface area contributed by atoms with E-state index in [1.54, 1.807) is 24.3 Å². The summed E-state index contributed by atoms with van der Waals surface area (Å²) < 4.78 is 0. The van der Waals surface area contributed by atoms with E-state index in [0.29, 0.717) is 22.0 Å². The van der Waals surface area contributed by atoms with Crippen molar-refractivity contribution in [3.63, 3.8) is 0 Å². The van der Waals surface area contributed by atoms with Crippen LogP contribution in [0.2, 0.25) is 10.0 Å². The van der Waals surface area contributed by atoms with E-state index < -0.39 is 0 Å². The van der Waals surface area contributed by atoms with Gasteiger partial charge in [0.2, 0.25) is 5.91 Å². The molecule has 0 aliphatic rings. The summed E-state index contributed by atoms with van der Waals surface area (Å²) in [5, 5.41) is 13.1. The number of nitrogens with one attached hydrogen (secondary N) is 1. The highest BCUT2D eigenvalue weighted by molar-refractivity contribution is 6.34. The molecule has 1 rings (SSSR count). The van der Waals surface area contributed by atoms with Gasteiger partial charge >= 0.3 is 0 Å². The molecule has 116 valence electrons. The molecule has 5 heteroatoms. The zero-order chi connectivity index (χ0) is 16.0. The Balaban J connectivity index is 2.76. The molecular formula is C16H21Cl2NO2. The molecule has 0 radical (unpaired) electrons. The summed E-state index contributed by atoms with van der Waals surface area (Å²) in [6, 6.07) is 4.97. The lowest BCUT2D eigenvalue weighted by Gasteiger charge is -2.30. The molecule has 1 unspecified atom stereocenters. The van der Waals surface area contributed by atoms with Crippen molar-refractivity contribution in [2.45, 2.75) is 33.2 Å². The van der Waals surface area contributed by atoms with Gasteiger partial charge in [-0.05, 0) is 41.7 Å². The van der Waals surface area contributed by atoms with Crippen LogP contribution in [0.1, 0.15) is 32.8 Å². The molecule has 0 aliphatic heterocycles. The largest absolute Gasteiger partial charge is 0.396 e. The first-order valence-corrected chi connectivity index (χ1v) is 7.54. The first-order valence-electron chi connectivity index (χ1n) is 6.78. The van der Waals surface area contributed by atoms with Gasteiger partial charge in [-0.15, -0.1) is 0 Å². The van der Waals surface area contributed by atoms with E-state index in [1.165, 1.54) is 6.08 Å². The van der Waals surface area contributed by atoms with Crippen molar-refractivity contribution >= 4 is 35.2 Å². The van der Waals surface area contributed by atoms with E-state index in [-0.39, 0.29) is 24.0 Å². The fourth-order valence-electron chi connectivity index (χ4n) is 1.88. The van der Waals surface area contributed by atoms with Crippen molar-refractivity contribution in [2.75, 3.05) is 6.61 Å². The smallest absolute Gasteiger partial charge is 0.244 e. The van der Waals surface area contributed by atoms with Gasteiger partial charge in [-0.1, -0.05) is 44.0 Å². The zero-order valence-corrected chi connectivity index (χ0v) is 14.0. The van der Waals surface area contributed by atoms with Crippen LogP contribution in [0.4, 0.5) is 0 Å². The van der Waals surface area contributed by atoms with Gasteiger partial charge in [0.05, 0.1) is 0 Å². The lowest BCUT2D eigenvalue weighted by atomic mass is 9.85. The molecule has 21 heavy (non-hydrogen) atoms. The minimum atomic E-state index is -0.223. The molecule has 1 atom stereocenters. The summed E-state index contributed by atoms with van der Waals surface area (Å²) in [7, 11) is 0. The van der Waals surface area contributed by atoms with Crippen LogP contribution in [0.5, 0.6) is 0 Å². The third kappa shape index (κ3) is 6.08. The molecule has 1 aromatic carbocycles. The number of carbonyl (C=O) groups excluding carboxylic acids is 1. The van der Waals surface area contributed by atoms with Crippen LogP contribution < -0.4 is 5.32 Å². The van der Waals surface area contributed by atoms with E-state index in [9.17, 15) is 4.79 Å². The van der Waals surface area contributed by atoms with E-state index in [4.69, 9.17) is 28.3 Å². The number of aliphatic hydroxyl groups is 1. The summed E-state index contributed by atoms with van der Waals surface area (Å²) in [6.45, 7) is 6.09. The molecule has 1 amide bonds. The quantitative estimate of drug-likeness (QED) is 0.804. The molecule has 0 aliphatic carbocycles. The van der Waals surface area contributed by atoms with E-state index >= 15 is 0 Å². The minimum Gasteiger partial charge on any atom is -0.396 e. The molecule has 0 spiro atoms. The highest BCUT2D eigenvalue weighted by Crippen LogP contribution is 2.23. The number of hydrogen-bond donors (Lipinski definition) is 2. The molecule has 0 aromatic heterocycles. The van der Waals surface area contributed by atoms with Crippen LogP contribution >= 0.6 is 23.2 Å². The monoisotopic (exact) mass is 329 g/mol. The third-order valence-electron chi connectivity index (χ3n) is 3.15. The standard InChI is InChI=1S/C16H21Cl2NO2/c1-16(2,3)14(8-9-20)19-15(21)7-4-11-10-12(17)5-6-13(11)18/h4-7,10,14,20H,8-9H2,1-3H3,(H,19,21)/b7-4+. The maximum absolute atomic E-state index is 12.0. The number of carbonyl (C=O) groups is 1. The highest BCUT2D eigenvalue weighted by atomic mass is 35.5. The molecule has 0 bridgehead atoms. The second-order valence-corrected chi connectivity index (χ2v) is 6.78. The topological polar surface area (TPSA) is 49.3 Å². The van der Waals surface area contributed by atoms with Gasteiger partial charge in [0, 0.05) is 28.8 Å². The van der Waals surface area contributed by atoms with Gasteiger partial charge in [0.15, 0.2) is 0 Å². The number of benzene rings is 1. The van der Waals surface area contributed by atoms with Crippen molar-refractivity contribution in [2.24, 2.45) is 5.41 Å². The lowest BCUT2D eigenvalue weighted by molar-refractivity contribution is -0.118. The Hall–Kier alpha value is -1.03. The Morgan fingerprint density at radius 1 is 1.38 bits per heavy atom. The molecular weight excluding hydrogens is 309 g/mol. The normalized spacial score (nSPS) is 13.4. The maximum atomic E-state index is 12.0. The Labute approximate surface area is 136 Å². The average Bonchev–Trinajstić information content (AvgIpc) is 2.38. The Morgan fingerprint density at radius 2 is 2.05 bits per heavy atom. The van der Waals surface area contributed by atoms with Crippen LogP contribution in [0.3, 0.4) is 0 Å². The number of rotatable bonds is 5. The predicted octanol–water partition coefficient (Wildman–Crippen LogP) is 3.92. The van der Waals surface area contributed by atoms with E-state index in [1.807, 2.05) is 20.8 Å². The molecule has 0 saturated heterocycles. The molecule has 0 heterocycles. The highest BCUT2D eigenvalue weighted by Gasteiger charge is 2.24. The molecule has 0 fully saturated rings. The number of aliphatic hydroxyl groups excluding tert-OH is 1. The van der Waals surface area contributed by atoms with E-state index in [0.717, 1.165) is 0 Å². The Morgan fingerprint density at radius 3 is 2.62 bits per heavy atom. The Bertz CT molecular complexity index is 521. The van der Waals surface area contributed by atoms with Gasteiger partial charge in [0.25, 0.3) is 0 Å². The van der Waals surface area contributed by atoms with Crippen molar-refractivity contribution in [1.82, 2.24) is 5.32 Å². The van der Waals surface area contributed by atoms with Crippen molar-refractivity contribution < 1.29 is 9.90 Å². The fourth-order valence-corrected chi connectivity index (χ4v) is 2.24. The van der Waals surface area contributed by atoms with Crippen molar-refractivity contribution in [3.8, 4) is 0 Å². The lowest BCUT2D eigenvalue weighted by Crippen LogP contribution is -2.43. The average molecular weight is 330 g/mol. The van der Waals surface area contributed by atoms with Gasteiger partial charge in [-0.3, -0.25) is 4.79 Å². The predicted molar refractivity (Wildman–Crippen MR) is 88.6 cm³/mol. The number of amides is 1. The Kier molecular flexibility index (Phi) is 6.72. The SMILES string of the molecule is CC(C)(C)C(CCO)NC(=O)/C=C/c1cc(Cl)ccc1Cl. The van der Waals surface area contributed by atoms with Crippen LogP contribution in [-0.2, 0) is 4.79 Å². The second-order valence-electron chi connectivity index (χ2n) is 5.94. The molecule has 2 N–H and O–H groups in total. The molecule has 3 nitrogen and oxygen atoms in total. The summed E-state index contributed by atoms with van der Waals surface area (Å²) in [4.78, 5) is 12.0. The maximum Gasteiger partial charge on any atom is 0.244 e. The molecule has 0 saturated carbocycles. The van der Waals surface area contributed by atoms with Gasteiger partial charge in [-0.2, -0.15) is 0 Å². The summed E-state index contributed by atoms with van der Waals surface area (Å²) in [6.07, 6.45) is 3.57. The second kappa shape index (κ2) is 7.83. The van der Waals surface area contributed by atoms with Gasteiger partial charge in [0.1, 0.15) is 0 Å². The van der Waals surface area contributed by atoms with Crippen LogP contribution in [0.15, 0.2) is 24.3 Å². The summed E-state index contributed by atoms with van der Waals surface area (Å²) in [5.41, 5.74) is 0.564. The first kappa shape index (κ1) is 18.0. The first-order chi connectivity index (χ1) is 9.74. The van der Waals surface area contributed by atoms with Crippen LogP contribution in [0.25, 0.3) is 6.08 Å². The summed E-state index contributed by atoms with van der Waals surface area (Å²) >= 11 is 11.9.